The van der Waals surface area contributed by atoms with E-state index in [-0.39, 0.29) is 35.5 Å². The maximum Gasteiger partial charge on any atom is 0.224 e. The number of Topliss-reactive ketones (excluding diaryl/α,β-unsaturated/α-hetero) is 1. The zero-order valence-electron chi connectivity index (χ0n) is 18.8. The predicted octanol–water partition coefficient (Wildman–Crippen LogP) is 3.33. The summed E-state index contributed by atoms with van der Waals surface area (Å²) in [6, 6.07) is 0.201. The van der Waals surface area contributed by atoms with Gasteiger partial charge in [-0.25, -0.2) is 0 Å². The van der Waals surface area contributed by atoms with E-state index in [4.69, 9.17) is 4.74 Å². The van der Waals surface area contributed by atoms with Crippen molar-refractivity contribution in [1.82, 2.24) is 10.2 Å². The van der Waals surface area contributed by atoms with Crippen LogP contribution in [-0.4, -0.2) is 54.8 Å². The Kier molecular flexibility index (Phi) is 9.12. The highest BCUT2D eigenvalue weighted by molar-refractivity contribution is 5.80. The molecule has 166 valence electrons. The van der Waals surface area contributed by atoms with Crippen LogP contribution < -0.4 is 5.32 Å². The summed E-state index contributed by atoms with van der Waals surface area (Å²) in [6.07, 6.45) is 7.03. The Morgan fingerprint density at radius 2 is 1.55 bits per heavy atom. The van der Waals surface area contributed by atoms with Crippen molar-refractivity contribution in [2.75, 3.05) is 26.3 Å². The van der Waals surface area contributed by atoms with Gasteiger partial charge in [-0.3, -0.25) is 14.4 Å². The number of likely N-dealkylation sites (tertiary alicyclic amines) is 1. The fourth-order valence-corrected chi connectivity index (χ4v) is 4.51. The molecule has 0 radical (unpaired) electrons. The van der Waals surface area contributed by atoms with Crippen LogP contribution in [0.3, 0.4) is 0 Å². The lowest BCUT2D eigenvalue weighted by molar-refractivity contribution is -0.135. The highest BCUT2D eigenvalue weighted by atomic mass is 16.5. The Balaban J connectivity index is 1.64. The quantitative estimate of drug-likeness (QED) is 0.594. The maximum absolute atomic E-state index is 12.4. The van der Waals surface area contributed by atoms with Gasteiger partial charge in [0, 0.05) is 37.4 Å². The maximum atomic E-state index is 12.4. The minimum absolute atomic E-state index is 0.0422. The Labute approximate surface area is 176 Å². The summed E-state index contributed by atoms with van der Waals surface area (Å²) in [6.45, 7) is 10.2. The number of hydrogen-bond donors (Lipinski definition) is 1. The second-order valence-corrected chi connectivity index (χ2v) is 9.55. The van der Waals surface area contributed by atoms with E-state index in [1.54, 1.807) is 0 Å². The van der Waals surface area contributed by atoms with Crippen LogP contribution in [0.4, 0.5) is 0 Å². The molecule has 2 rings (SSSR count). The minimum atomic E-state index is 0.0422. The lowest BCUT2D eigenvalue weighted by Gasteiger charge is -2.45. The van der Waals surface area contributed by atoms with Gasteiger partial charge in [0.15, 0.2) is 0 Å². The first-order valence-electron chi connectivity index (χ1n) is 11.4. The van der Waals surface area contributed by atoms with E-state index >= 15 is 0 Å². The van der Waals surface area contributed by atoms with Gasteiger partial charge in [0.25, 0.3) is 0 Å². The standard InChI is InChI=1S/C23H40N2O4/c1-17(2)20(26)7-15-29-16-8-21(27)25-13-11-23(12-14-25)9-5-19(6-10-23)22(28)24-18(3)4/h17-19H,5-16H2,1-4H3,(H,24,28). The second kappa shape index (κ2) is 11.1. The molecule has 2 amide bonds. The number of rotatable bonds is 9. The molecule has 0 unspecified atom stereocenters. The molecular formula is C23H40N2O4. The van der Waals surface area contributed by atoms with Crippen LogP contribution in [0.15, 0.2) is 0 Å². The van der Waals surface area contributed by atoms with Gasteiger partial charge in [-0.15, -0.1) is 0 Å². The Morgan fingerprint density at radius 1 is 0.966 bits per heavy atom. The normalized spacial score (nSPS) is 19.7. The number of nitrogens with one attached hydrogen (secondary N) is 1. The van der Waals surface area contributed by atoms with Gasteiger partial charge >= 0.3 is 0 Å². The number of hydrogen-bond acceptors (Lipinski definition) is 4. The lowest BCUT2D eigenvalue weighted by atomic mass is 9.65. The van der Waals surface area contributed by atoms with E-state index in [0.29, 0.717) is 31.5 Å². The first kappa shape index (κ1) is 23.8. The fraction of sp³-hybridized carbons (Fsp3) is 0.870. The van der Waals surface area contributed by atoms with Crippen molar-refractivity contribution < 1.29 is 19.1 Å². The van der Waals surface area contributed by atoms with Gasteiger partial charge in [-0.05, 0) is 57.8 Å². The SMILES string of the molecule is CC(C)NC(=O)C1CCC2(CC1)CCN(C(=O)CCOCCC(=O)C(C)C)CC2. The minimum Gasteiger partial charge on any atom is -0.380 e. The molecule has 6 nitrogen and oxygen atoms in total. The van der Waals surface area contributed by atoms with Crippen molar-refractivity contribution in [2.24, 2.45) is 17.3 Å². The Bertz CT molecular complexity index is 555. The van der Waals surface area contributed by atoms with Crippen LogP contribution >= 0.6 is 0 Å². The van der Waals surface area contributed by atoms with Gasteiger partial charge in [0.05, 0.1) is 19.6 Å². The molecule has 0 aromatic heterocycles. The molecule has 0 atom stereocenters. The third-order valence-corrected chi connectivity index (χ3v) is 6.62. The smallest absolute Gasteiger partial charge is 0.224 e. The first-order valence-corrected chi connectivity index (χ1v) is 11.4. The molecular weight excluding hydrogens is 368 g/mol. The number of carbonyl (C=O) groups excluding carboxylic acids is 3. The van der Waals surface area contributed by atoms with Crippen molar-refractivity contribution in [2.45, 2.75) is 85.1 Å². The molecule has 2 fully saturated rings. The van der Waals surface area contributed by atoms with E-state index in [1.807, 2.05) is 32.6 Å². The molecule has 1 aliphatic carbocycles. The van der Waals surface area contributed by atoms with Crippen LogP contribution in [0, 0.1) is 17.3 Å². The third kappa shape index (κ3) is 7.40. The summed E-state index contributed by atoms with van der Waals surface area (Å²) >= 11 is 0. The second-order valence-electron chi connectivity index (χ2n) is 9.55. The van der Waals surface area contributed by atoms with Crippen LogP contribution in [0.2, 0.25) is 0 Å². The summed E-state index contributed by atoms with van der Waals surface area (Å²) in [5.74, 6) is 0.759. The highest BCUT2D eigenvalue weighted by Gasteiger charge is 2.40. The third-order valence-electron chi connectivity index (χ3n) is 6.62. The average molecular weight is 409 g/mol. The van der Waals surface area contributed by atoms with Crippen molar-refractivity contribution in [3.8, 4) is 0 Å². The molecule has 2 aliphatic rings. The molecule has 1 saturated carbocycles. The summed E-state index contributed by atoms with van der Waals surface area (Å²) in [7, 11) is 0. The van der Waals surface area contributed by atoms with E-state index in [9.17, 15) is 14.4 Å². The number of amides is 2. The molecule has 0 bridgehead atoms. The zero-order valence-corrected chi connectivity index (χ0v) is 18.8. The highest BCUT2D eigenvalue weighted by Crippen LogP contribution is 2.46. The average Bonchev–Trinajstić information content (AvgIpc) is 2.68. The number of ketones is 1. The summed E-state index contributed by atoms with van der Waals surface area (Å²) in [5.41, 5.74) is 0.319. The topological polar surface area (TPSA) is 75.7 Å². The van der Waals surface area contributed by atoms with Crippen LogP contribution in [0.1, 0.15) is 79.1 Å². The summed E-state index contributed by atoms with van der Waals surface area (Å²) in [5, 5.41) is 3.04. The van der Waals surface area contributed by atoms with Crippen LogP contribution in [0.5, 0.6) is 0 Å². The van der Waals surface area contributed by atoms with E-state index in [2.05, 4.69) is 5.32 Å². The monoisotopic (exact) mass is 408 g/mol. The molecule has 29 heavy (non-hydrogen) atoms. The fourth-order valence-electron chi connectivity index (χ4n) is 4.51. The largest absolute Gasteiger partial charge is 0.380 e. The van der Waals surface area contributed by atoms with Crippen LogP contribution in [0.25, 0.3) is 0 Å². The van der Waals surface area contributed by atoms with Gasteiger partial charge < -0.3 is 15.0 Å². The van der Waals surface area contributed by atoms with Gasteiger partial charge in [-0.1, -0.05) is 13.8 Å². The van der Waals surface area contributed by atoms with Gasteiger partial charge in [0.2, 0.25) is 11.8 Å². The van der Waals surface area contributed by atoms with E-state index in [1.165, 1.54) is 0 Å². The molecule has 1 aliphatic heterocycles. The van der Waals surface area contributed by atoms with Crippen molar-refractivity contribution in [1.29, 1.82) is 0 Å². The molecule has 6 heteroatoms. The molecule has 1 N–H and O–H groups in total. The van der Waals surface area contributed by atoms with E-state index < -0.39 is 0 Å². The lowest BCUT2D eigenvalue weighted by Crippen LogP contribution is -2.46. The number of carbonyl (C=O) groups is 3. The Morgan fingerprint density at radius 3 is 2.10 bits per heavy atom. The summed E-state index contributed by atoms with van der Waals surface area (Å²) < 4.78 is 5.48. The number of ether oxygens (including phenoxy) is 1. The summed E-state index contributed by atoms with van der Waals surface area (Å²) in [4.78, 5) is 38.2. The van der Waals surface area contributed by atoms with Crippen LogP contribution in [-0.2, 0) is 19.1 Å². The van der Waals surface area contributed by atoms with Crippen molar-refractivity contribution in [3.05, 3.63) is 0 Å². The predicted molar refractivity (Wildman–Crippen MR) is 113 cm³/mol. The number of nitrogens with zero attached hydrogens (tertiary/aromatic N) is 1. The zero-order chi connectivity index (χ0) is 21.4. The molecule has 1 heterocycles. The Hall–Kier alpha value is -1.43. The number of piperidine rings is 1. The van der Waals surface area contributed by atoms with E-state index in [0.717, 1.165) is 51.6 Å². The van der Waals surface area contributed by atoms with Gasteiger partial charge in [-0.2, -0.15) is 0 Å². The molecule has 0 aromatic carbocycles. The van der Waals surface area contributed by atoms with Crippen molar-refractivity contribution >= 4 is 17.6 Å². The van der Waals surface area contributed by atoms with Gasteiger partial charge in [0.1, 0.15) is 5.78 Å². The molecule has 1 saturated heterocycles. The molecule has 1 spiro atoms. The first-order chi connectivity index (χ1) is 13.7. The molecule has 0 aromatic rings. The van der Waals surface area contributed by atoms with Crippen molar-refractivity contribution in [3.63, 3.8) is 0 Å².